The number of hydrogen-bond acceptors (Lipinski definition) is 7. The fourth-order valence-corrected chi connectivity index (χ4v) is 4.14. The number of sulfone groups is 1. The second kappa shape index (κ2) is 7.95. The van der Waals surface area contributed by atoms with Crippen LogP contribution in [0.2, 0.25) is 0 Å². The number of rotatable bonds is 7. The van der Waals surface area contributed by atoms with Crippen LogP contribution in [-0.2, 0) is 19.9 Å². The van der Waals surface area contributed by atoms with E-state index < -0.39 is 25.8 Å². The van der Waals surface area contributed by atoms with Gasteiger partial charge in [-0.2, -0.15) is 0 Å². The minimum Gasteiger partial charge on any atom is -0.494 e. The molecule has 0 fully saturated rings. The fourth-order valence-electron chi connectivity index (χ4n) is 2.72. The van der Waals surface area contributed by atoms with Gasteiger partial charge in [0, 0.05) is 24.2 Å². The van der Waals surface area contributed by atoms with Crippen LogP contribution in [0.25, 0.3) is 5.52 Å². The van der Waals surface area contributed by atoms with Gasteiger partial charge in [-0.15, -0.1) is 0 Å². The number of ether oxygens (including phenoxy) is 1. The zero-order valence-electron chi connectivity index (χ0n) is 16.4. The topological polar surface area (TPSA) is 136 Å². The van der Waals surface area contributed by atoms with Crippen LogP contribution in [0.3, 0.4) is 0 Å². The molecular weight excluding hydrogens is 432 g/mol. The molecule has 2 aromatic heterocycles. The van der Waals surface area contributed by atoms with E-state index in [4.69, 9.17) is 4.74 Å². The molecule has 0 radical (unpaired) electrons. The molecule has 0 saturated heterocycles. The Balaban J connectivity index is 1.95. The summed E-state index contributed by atoms with van der Waals surface area (Å²) in [6, 6.07) is 9.27. The molecule has 3 aromatic rings. The molecule has 0 aliphatic heterocycles. The molecule has 0 saturated carbocycles. The Morgan fingerprint density at radius 2 is 1.90 bits per heavy atom. The predicted octanol–water partition coefficient (Wildman–Crippen LogP) is 1.76. The van der Waals surface area contributed by atoms with E-state index in [1.54, 1.807) is 18.2 Å². The number of amides is 1. The van der Waals surface area contributed by atoms with Crippen molar-refractivity contribution in [3.8, 4) is 5.75 Å². The Bertz CT molecular complexity index is 1330. The minimum atomic E-state index is -3.66. The molecule has 3 rings (SSSR count). The molecule has 0 bridgehead atoms. The molecule has 10 nitrogen and oxygen atoms in total. The second-order valence-corrected chi connectivity index (χ2v) is 10.3. The van der Waals surface area contributed by atoms with E-state index in [0.29, 0.717) is 11.2 Å². The van der Waals surface area contributed by atoms with Crippen molar-refractivity contribution in [3.05, 3.63) is 48.3 Å². The van der Waals surface area contributed by atoms with Gasteiger partial charge in [0.1, 0.15) is 5.75 Å². The van der Waals surface area contributed by atoms with Gasteiger partial charge in [-0.3, -0.25) is 13.9 Å². The summed E-state index contributed by atoms with van der Waals surface area (Å²) in [5.74, 6) is -0.529. The number of imidazole rings is 1. The van der Waals surface area contributed by atoms with E-state index >= 15 is 0 Å². The quantitative estimate of drug-likeness (QED) is 0.557. The van der Waals surface area contributed by atoms with E-state index in [9.17, 15) is 21.6 Å². The molecule has 0 unspecified atom stereocenters. The maximum atomic E-state index is 12.8. The van der Waals surface area contributed by atoms with E-state index in [2.05, 4.69) is 15.0 Å². The van der Waals surface area contributed by atoms with Crippen molar-refractivity contribution in [1.29, 1.82) is 0 Å². The van der Waals surface area contributed by atoms with Crippen LogP contribution in [0.5, 0.6) is 5.75 Å². The molecule has 160 valence electrons. The first-order valence-electron chi connectivity index (χ1n) is 8.72. The highest BCUT2D eigenvalue weighted by Crippen LogP contribution is 2.29. The molecule has 1 amide bonds. The van der Waals surface area contributed by atoms with Gasteiger partial charge >= 0.3 is 0 Å². The van der Waals surface area contributed by atoms with E-state index in [0.717, 1.165) is 6.26 Å². The van der Waals surface area contributed by atoms with Crippen molar-refractivity contribution >= 4 is 42.7 Å². The smallest absolute Gasteiger partial charge is 0.276 e. The largest absolute Gasteiger partial charge is 0.494 e. The molecule has 0 spiro atoms. The van der Waals surface area contributed by atoms with E-state index in [1.807, 2.05) is 0 Å². The first-order chi connectivity index (χ1) is 14.1. The average Bonchev–Trinajstić information content (AvgIpc) is 3.09. The number of anilines is 2. The molecular formula is C18H20N4O6S2. The number of pyridine rings is 1. The first kappa shape index (κ1) is 21.6. The van der Waals surface area contributed by atoms with Gasteiger partial charge < -0.3 is 10.1 Å². The summed E-state index contributed by atoms with van der Waals surface area (Å²) in [6.45, 7) is 1.50. The third-order valence-electron chi connectivity index (χ3n) is 4.17. The summed E-state index contributed by atoms with van der Waals surface area (Å²) >= 11 is 0. The Hall–Kier alpha value is -3.12. The van der Waals surface area contributed by atoms with Crippen LogP contribution < -0.4 is 14.8 Å². The van der Waals surface area contributed by atoms with E-state index in [-0.39, 0.29) is 28.0 Å². The molecule has 2 N–H and O–H groups in total. The van der Waals surface area contributed by atoms with Crippen LogP contribution in [0, 0.1) is 0 Å². The van der Waals surface area contributed by atoms with Gasteiger partial charge in [0.15, 0.2) is 5.69 Å². The highest BCUT2D eigenvalue weighted by atomic mass is 32.2. The number of fused-ring (bicyclic) bond motifs is 1. The first-order valence-corrected chi connectivity index (χ1v) is 12.3. The van der Waals surface area contributed by atoms with Gasteiger partial charge in [-0.25, -0.2) is 21.8 Å². The maximum absolute atomic E-state index is 12.8. The lowest BCUT2D eigenvalue weighted by molar-refractivity contribution is 0.102. The van der Waals surface area contributed by atoms with Crippen molar-refractivity contribution in [2.24, 2.45) is 0 Å². The van der Waals surface area contributed by atoms with Crippen LogP contribution in [0.15, 0.2) is 47.8 Å². The van der Waals surface area contributed by atoms with Crippen molar-refractivity contribution in [2.75, 3.05) is 29.2 Å². The number of nitrogens with zero attached hydrogens (tertiary/aromatic N) is 2. The van der Waals surface area contributed by atoms with Gasteiger partial charge in [-0.1, -0.05) is 6.07 Å². The van der Waals surface area contributed by atoms with Gasteiger partial charge in [-0.05, 0) is 31.2 Å². The number of carbonyl (C=O) groups excluding carboxylic acids is 1. The van der Waals surface area contributed by atoms with Crippen LogP contribution in [-0.4, -0.2) is 51.2 Å². The monoisotopic (exact) mass is 452 g/mol. The predicted molar refractivity (Wildman–Crippen MR) is 112 cm³/mol. The van der Waals surface area contributed by atoms with Gasteiger partial charge in [0.25, 0.3) is 5.91 Å². The zero-order chi connectivity index (χ0) is 22.1. The molecule has 30 heavy (non-hydrogen) atoms. The van der Waals surface area contributed by atoms with Crippen molar-refractivity contribution < 1.29 is 26.4 Å². The molecule has 0 atom stereocenters. The van der Waals surface area contributed by atoms with Gasteiger partial charge in [0.2, 0.25) is 25.0 Å². The fraction of sp³-hybridized carbons (Fsp3) is 0.222. The lowest BCUT2D eigenvalue weighted by Gasteiger charge is -2.13. The Morgan fingerprint density at radius 1 is 1.17 bits per heavy atom. The number of benzene rings is 1. The number of methoxy groups -OCH3 is 1. The number of nitrogens with one attached hydrogen (secondary N) is 2. The molecule has 12 heteroatoms. The standard InChI is InChI=1S/C18H20N4O6S2/c1-4-30(26,27)21-13-9-8-12(11-15(13)28-2)19-17(23)16-14-7-5-6-10-22(14)18(20-16)29(3,24)25/h5-11,21H,4H2,1-3H3,(H,19,23). The molecule has 1 aromatic carbocycles. The summed E-state index contributed by atoms with van der Waals surface area (Å²) in [5.41, 5.74) is 0.805. The number of sulfonamides is 1. The SMILES string of the molecule is CCS(=O)(=O)Nc1ccc(NC(=O)c2nc(S(C)(=O)=O)n3ccccc23)cc1OC. The zero-order valence-corrected chi connectivity index (χ0v) is 18.0. The number of hydrogen-bond donors (Lipinski definition) is 2. The molecule has 2 heterocycles. The Morgan fingerprint density at radius 3 is 2.53 bits per heavy atom. The number of carbonyl (C=O) groups is 1. The highest BCUT2D eigenvalue weighted by molar-refractivity contribution is 7.92. The highest BCUT2D eigenvalue weighted by Gasteiger charge is 2.23. The van der Waals surface area contributed by atoms with E-state index in [1.165, 1.54) is 42.8 Å². The summed E-state index contributed by atoms with van der Waals surface area (Å²) < 4.78 is 56.5. The van der Waals surface area contributed by atoms with Crippen molar-refractivity contribution in [3.63, 3.8) is 0 Å². The summed E-state index contributed by atoms with van der Waals surface area (Å²) in [7, 11) is -5.80. The van der Waals surface area contributed by atoms with Crippen LogP contribution >= 0.6 is 0 Å². The summed E-state index contributed by atoms with van der Waals surface area (Å²) in [6.07, 6.45) is 2.52. The van der Waals surface area contributed by atoms with Crippen molar-refractivity contribution in [1.82, 2.24) is 9.38 Å². The minimum absolute atomic E-state index is 0.0641. The third-order valence-corrected chi connectivity index (χ3v) is 6.41. The lowest BCUT2D eigenvalue weighted by Crippen LogP contribution is -2.16. The average molecular weight is 453 g/mol. The Labute approximate surface area is 173 Å². The summed E-state index contributed by atoms with van der Waals surface area (Å²) in [5, 5.41) is 2.38. The van der Waals surface area contributed by atoms with Crippen molar-refractivity contribution in [2.45, 2.75) is 12.1 Å². The van der Waals surface area contributed by atoms with Crippen LogP contribution in [0.1, 0.15) is 17.4 Å². The van der Waals surface area contributed by atoms with Crippen LogP contribution in [0.4, 0.5) is 11.4 Å². The summed E-state index contributed by atoms with van der Waals surface area (Å²) in [4.78, 5) is 16.8. The maximum Gasteiger partial charge on any atom is 0.276 e. The van der Waals surface area contributed by atoms with Gasteiger partial charge in [0.05, 0.1) is 24.1 Å². The lowest BCUT2D eigenvalue weighted by atomic mass is 10.2. The normalized spacial score (nSPS) is 12.0. The molecule has 0 aliphatic carbocycles. The Kier molecular flexibility index (Phi) is 5.72. The third kappa shape index (κ3) is 4.39. The number of aromatic nitrogens is 2. The molecule has 0 aliphatic rings. The second-order valence-electron chi connectivity index (χ2n) is 6.35.